The molecule has 4 nitrogen and oxygen atoms in total. The van der Waals surface area contributed by atoms with Gasteiger partial charge in [-0.05, 0) is 17.4 Å². The Labute approximate surface area is 150 Å². The second-order valence-electron chi connectivity index (χ2n) is 7.47. The van der Waals surface area contributed by atoms with Crippen LogP contribution in [0.25, 0.3) is 10.4 Å². The van der Waals surface area contributed by atoms with Gasteiger partial charge in [-0.1, -0.05) is 109 Å². The molecule has 0 aromatic carbocycles. The van der Waals surface area contributed by atoms with E-state index in [9.17, 15) is 5.11 Å². The molecule has 1 N–H and O–H groups in total. The minimum absolute atomic E-state index is 0.0476. The highest BCUT2D eigenvalue weighted by atomic mass is 16.3. The molecule has 0 aliphatic carbocycles. The molecule has 0 unspecified atom stereocenters. The number of rotatable bonds is 17. The van der Waals surface area contributed by atoms with Gasteiger partial charge in [0, 0.05) is 4.91 Å². The zero-order valence-corrected chi connectivity index (χ0v) is 16.4. The summed E-state index contributed by atoms with van der Waals surface area (Å²) in [7, 11) is 0. The Hall–Kier alpha value is -0.730. The minimum atomic E-state index is -0.276. The number of aliphatic hydroxyl groups excluding tert-OH is 1. The highest BCUT2D eigenvalue weighted by Gasteiger charge is 2.20. The van der Waals surface area contributed by atoms with E-state index in [4.69, 9.17) is 5.53 Å². The number of unbranched alkanes of at least 4 members (excludes halogenated alkanes) is 11. The van der Waals surface area contributed by atoms with Gasteiger partial charge < -0.3 is 5.11 Å². The maximum absolute atomic E-state index is 9.28. The molecule has 0 saturated carbocycles. The van der Waals surface area contributed by atoms with Crippen molar-refractivity contribution >= 4 is 0 Å². The quantitative estimate of drug-likeness (QED) is 0.131. The van der Waals surface area contributed by atoms with Gasteiger partial charge in [-0.25, -0.2) is 0 Å². The zero-order valence-electron chi connectivity index (χ0n) is 16.4. The number of nitrogens with zero attached hydrogens (tertiary/aromatic N) is 3. The van der Waals surface area contributed by atoms with Crippen LogP contribution in [0.2, 0.25) is 0 Å². The molecule has 0 aliphatic rings. The van der Waals surface area contributed by atoms with Crippen molar-refractivity contribution in [3.05, 3.63) is 10.4 Å². The third kappa shape index (κ3) is 12.7. The molecule has 0 fully saturated rings. The van der Waals surface area contributed by atoms with Gasteiger partial charge in [-0.3, -0.25) is 0 Å². The first kappa shape index (κ1) is 23.3. The van der Waals surface area contributed by atoms with Crippen LogP contribution in [0, 0.1) is 11.8 Å². The molecule has 24 heavy (non-hydrogen) atoms. The van der Waals surface area contributed by atoms with Gasteiger partial charge >= 0.3 is 0 Å². The first-order chi connectivity index (χ1) is 11.7. The van der Waals surface area contributed by atoms with Crippen molar-refractivity contribution in [3.63, 3.8) is 0 Å². The van der Waals surface area contributed by atoms with Crippen LogP contribution in [0.1, 0.15) is 104 Å². The van der Waals surface area contributed by atoms with E-state index in [0.717, 1.165) is 6.42 Å². The van der Waals surface area contributed by atoms with Crippen molar-refractivity contribution < 1.29 is 5.11 Å². The largest absolute Gasteiger partial charge is 0.396 e. The van der Waals surface area contributed by atoms with Gasteiger partial charge in [0.15, 0.2) is 0 Å². The second kappa shape index (κ2) is 17.1. The van der Waals surface area contributed by atoms with Crippen molar-refractivity contribution in [2.45, 2.75) is 110 Å². The van der Waals surface area contributed by atoms with E-state index >= 15 is 0 Å². The highest BCUT2D eigenvalue weighted by molar-refractivity contribution is 4.76. The predicted molar refractivity (Wildman–Crippen MR) is 104 cm³/mol. The van der Waals surface area contributed by atoms with Gasteiger partial charge in [-0.2, -0.15) is 0 Å². The number of hydrogen-bond acceptors (Lipinski definition) is 2. The van der Waals surface area contributed by atoms with E-state index in [2.05, 4.69) is 30.8 Å². The number of azide groups is 1. The molecule has 0 amide bonds. The zero-order chi connectivity index (χ0) is 18.0. The Morgan fingerprint density at radius 1 is 0.833 bits per heavy atom. The lowest BCUT2D eigenvalue weighted by Crippen LogP contribution is -2.25. The first-order valence-electron chi connectivity index (χ1n) is 10.3. The minimum Gasteiger partial charge on any atom is -0.396 e. The molecule has 4 heteroatoms. The summed E-state index contributed by atoms with van der Waals surface area (Å²) < 4.78 is 0. The number of hydrogen-bond donors (Lipinski definition) is 1. The van der Waals surface area contributed by atoms with Crippen LogP contribution in [0.15, 0.2) is 5.11 Å². The molecule has 0 radical (unpaired) electrons. The molecular weight excluding hydrogens is 298 g/mol. The fourth-order valence-electron chi connectivity index (χ4n) is 3.32. The third-order valence-corrected chi connectivity index (χ3v) is 5.40. The summed E-state index contributed by atoms with van der Waals surface area (Å²) in [6.45, 7) is 6.51. The SMILES string of the molecule is CCCCCCCCCCCCCC[C@@H](C)[C@@H](C)[C@H](CO)N=[N+]=[N-]. The molecule has 0 aromatic heterocycles. The average Bonchev–Trinajstić information content (AvgIpc) is 2.59. The van der Waals surface area contributed by atoms with Gasteiger partial charge in [-0.15, -0.1) is 0 Å². The molecular formula is C20H41N3O. The van der Waals surface area contributed by atoms with Crippen molar-refractivity contribution in [1.82, 2.24) is 0 Å². The van der Waals surface area contributed by atoms with E-state index in [1.807, 2.05) is 0 Å². The van der Waals surface area contributed by atoms with Crippen LogP contribution >= 0.6 is 0 Å². The van der Waals surface area contributed by atoms with Gasteiger partial charge in [0.25, 0.3) is 0 Å². The highest BCUT2D eigenvalue weighted by Crippen LogP contribution is 2.24. The Kier molecular flexibility index (Phi) is 16.6. The van der Waals surface area contributed by atoms with E-state index in [0.29, 0.717) is 5.92 Å². The first-order valence-corrected chi connectivity index (χ1v) is 10.3. The maximum atomic E-state index is 9.28. The lowest BCUT2D eigenvalue weighted by Gasteiger charge is -2.24. The van der Waals surface area contributed by atoms with Gasteiger partial charge in [0.1, 0.15) is 0 Å². The van der Waals surface area contributed by atoms with Crippen LogP contribution in [-0.2, 0) is 0 Å². The van der Waals surface area contributed by atoms with Crippen LogP contribution in [0.4, 0.5) is 0 Å². The molecule has 0 heterocycles. The lowest BCUT2D eigenvalue weighted by atomic mass is 9.86. The molecule has 0 bridgehead atoms. The number of aliphatic hydroxyl groups is 1. The average molecular weight is 340 g/mol. The van der Waals surface area contributed by atoms with E-state index < -0.39 is 0 Å². The van der Waals surface area contributed by atoms with Crippen molar-refractivity contribution in [1.29, 1.82) is 0 Å². The molecule has 0 spiro atoms. The summed E-state index contributed by atoms with van der Waals surface area (Å²) in [5, 5.41) is 13.0. The van der Waals surface area contributed by atoms with Crippen molar-refractivity contribution in [3.8, 4) is 0 Å². The fourth-order valence-corrected chi connectivity index (χ4v) is 3.32. The van der Waals surface area contributed by atoms with E-state index in [1.165, 1.54) is 77.0 Å². The Morgan fingerprint density at radius 3 is 1.71 bits per heavy atom. The summed E-state index contributed by atoms with van der Waals surface area (Å²) in [6, 6.07) is -0.276. The van der Waals surface area contributed by atoms with Gasteiger partial charge in [0.05, 0.1) is 12.6 Å². The van der Waals surface area contributed by atoms with E-state index in [1.54, 1.807) is 0 Å². The predicted octanol–water partition coefficient (Wildman–Crippen LogP) is 7.02. The van der Waals surface area contributed by atoms with Gasteiger partial charge in [0.2, 0.25) is 0 Å². The van der Waals surface area contributed by atoms with Crippen molar-refractivity contribution in [2.24, 2.45) is 17.0 Å². The second-order valence-corrected chi connectivity index (χ2v) is 7.47. The molecule has 142 valence electrons. The molecule has 0 aliphatic heterocycles. The van der Waals surface area contributed by atoms with Crippen LogP contribution < -0.4 is 0 Å². The van der Waals surface area contributed by atoms with Crippen LogP contribution in [0.3, 0.4) is 0 Å². The normalized spacial score (nSPS) is 14.8. The summed E-state index contributed by atoms with van der Waals surface area (Å²) in [5.74, 6) is 0.745. The monoisotopic (exact) mass is 339 g/mol. The topological polar surface area (TPSA) is 69.0 Å². The summed E-state index contributed by atoms with van der Waals surface area (Å²) in [4.78, 5) is 2.84. The molecule has 0 rings (SSSR count). The fraction of sp³-hybridized carbons (Fsp3) is 1.00. The summed E-state index contributed by atoms with van der Waals surface area (Å²) >= 11 is 0. The standard InChI is InChI=1S/C20H41N3O/c1-4-5-6-7-8-9-10-11-12-13-14-15-16-18(2)19(3)20(17-24)22-23-21/h18-20,24H,4-17H2,1-3H3/t18-,19-,20+/m1/s1. The Balaban J connectivity index is 3.47. The van der Waals surface area contributed by atoms with Crippen LogP contribution in [-0.4, -0.2) is 17.8 Å². The molecule has 0 saturated heterocycles. The Morgan fingerprint density at radius 2 is 1.29 bits per heavy atom. The maximum Gasteiger partial charge on any atom is 0.0633 e. The smallest absolute Gasteiger partial charge is 0.0633 e. The third-order valence-electron chi connectivity index (χ3n) is 5.40. The van der Waals surface area contributed by atoms with Crippen molar-refractivity contribution in [2.75, 3.05) is 6.61 Å². The summed E-state index contributed by atoms with van der Waals surface area (Å²) in [5.41, 5.74) is 8.53. The molecule has 3 atom stereocenters. The molecule has 0 aromatic rings. The van der Waals surface area contributed by atoms with Crippen LogP contribution in [0.5, 0.6) is 0 Å². The lowest BCUT2D eigenvalue weighted by molar-refractivity contribution is 0.197. The van der Waals surface area contributed by atoms with E-state index in [-0.39, 0.29) is 18.6 Å². The Bertz CT molecular complexity index is 316. The summed E-state index contributed by atoms with van der Waals surface area (Å²) in [6.07, 6.45) is 17.7.